The molecule has 1 aliphatic carbocycles. The van der Waals surface area contributed by atoms with E-state index in [2.05, 4.69) is 16.0 Å². The van der Waals surface area contributed by atoms with E-state index in [4.69, 9.17) is 0 Å². The quantitative estimate of drug-likeness (QED) is 0.869. The summed E-state index contributed by atoms with van der Waals surface area (Å²) >= 11 is 1.64. The second-order valence-corrected chi connectivity index (χ2v) is 7.17. The maximum atomic E-state index is 12.3. The number of rotatable bonds is 4. The van der Waals surface area contributed by atoms with Crippen LogP contribution in [0.4, 0.5) is 0 Å². The number of H-pyrrole nitrogens is 1. The molecule has 1 heterocycles. The van der Waals surface area contributed by atoms with Crippen LogP contribution in [-0.2, 0) is 0 Å². The number of hydrogen-bond acceptors (Lipinski definition) is 4. The number of thioether (sulfide) groups is 1. The van der Waals surface area contributed by atoms with E-state index in [9.17, 15) is 10.1 Å². The van der Waals surface area contributed by atoms with Crippen LogP contribution in [0.3, 0.4) is 0 Å². The predicted molar refractivity (Wildman–Crippen MR) is 91.6 cm³/mol. The minimum Gasteiger partial charge on any atom is -0.301 e. The van der Waals surface area contributed by atoms with Crippen molar-refractivity contribution in [3.63, 3.8) is 0 Å². The van der Waals surface area contributed by atoms with E-state index in [-0.39, 0.29) is 5.56 Å². The van der Waals surface area contributed by atoms with Crippen molar-refractivity contribution in [2.75, 3.05) is 0 Å². The smallest absolute Gasteiger partial charge is 0.254 e. The third-order valence-corrected chi connectivity index (χ3v) is 5.50. The number of benzene rings is 1. The van der Waals surface area contributed by atoms with E-state index in [1.807, 2.05) is 30.3 Å². The summed E-state index contributed by atoms with van der Waals surface area (Å²) in [4.78, 5) is 19.8. The molecule has 118 valence electrons. The highest BCUT2D eigenvalue weighted by atomic mass is 32.2. The number of aromatic nitrogens is 2. The molecule has 4 nitrogen and oxygen atoms in total. The first-order valence-corrected chi connectivity index (χ1v) is 8.79. The molecule has 1 aromatic heterocycles. The van der Waals surface area contributed by atoms with Crippen molar-refractivity contribution in [1.29, 1.82) is 5.26 Å². The molecule has 2 aromatic rings. The van der Waals surface area contributed by atoms with Crippen LogP contribution in [0.15, 0.2) is 40.3 Å². The highest BCUT2D eigenvalue weighted by Crippen LogP contribution is 2.33. The number of aromatic amines is 1. The minimum atomic E-state index is -0.513. The Labute approximate surface area is 140 Å². The second kappa shape index (κ2) is 7.01. The zero-order valence-electron chi connectivity index (χ0n) is 13.1. The molecule has 1 unspecified atom stereocenters. The average Bonchev–Trinajstić information content (AvgIpc) is 3.06. The van der Waals surface area contributed by atoms with Gasteiger partial charge in [-0.1, -0.05) is 54.9 Å². The summed E-state index contributed by atoms with van der Waals surface area (Å²) in [6.07, 6.45) is 4.81. The summed E-state index contributed by atoms with van der Waals surface area (Å²) in [6, 6.07) is 11.8. The Bertz CT molecular complexity index is 773. The number of hydrogen-bond donors (Lipinski definition) is 1. The molecule has 5 heteroatoms. The van der Waals surface area contributed by atoms with E-state index < -0.39 is 5.92 Å². The molecule has 0 spiro atoms. The third-order valence-electron chi connectivity index (χ3n) is 4.28. The first kappa shape index (κ1) is 15.8. The van der Waals surface area contributed by atoms with E-state index in [0.29, 0.717) is 21.7 Å². The molecule has 0 saturated heterocycles. The standard InChI is InChI=1S/C18H19N3OS/c1-12-16(15(11-19)13-7-3-2-4-8-13)20-18(21-17(12)22)23-14-9-5-6-10-14/h2-4,7-8,14-15H,5-6,9-10H2,1H3,(H,20,21,22). The van der Waals surface area contributed by atoms with Gasteiger partial charge in [0.25, 0.3) is 5.56 Å². The lowest BCUT2D eigenvalue weighted by Gasteiger charge is -2.14. The first-order chi connectivity index (χ1) is 11.2. The van der Waals surface area contributed by atoms with Crippen molar-refractivity contribution in [3.05, 3.63) is 57.5 Å². The molecule has 0 bridgehead atoms. The van der Waals surface area contributed by atoms with Crippen molar-refractivity contribution in [3.8, 4) is 6.07 Å². The zero-order chi connectivity index (χ0) is 16.2. The van der Waals surface area contributed by atoms with Crippen molar-refractivity contribution in [1.82, 2.24) is 9.97 Å². The van der Waals surface area contributed by atoms with Gasteiger partial charge in [0.1, 0.15) is 5.92 Å². The Morgan fingerprint density at radius 2 is 2.00 bits per heavy atom. The van der Waals surface area contributed by atoms with Crippen molar-refractivity contribution in [2.45, 2.75) is 48.9 Å². The number of nitrogens with one attached hydrogen (secondary N) is 1. The minimum absolute atomic E-state index is 0.147. The van der Waals surface area contributed by atoms with Gasteiger partial charge >= 0.3 is 0 Å². The van der Waals surface area contributed by atoms with Gasteiger partial charge in [-0.2, -0.15) is 5.26 Å². The SMILES string of the molecule is Cc1c(C(C#N)c2ccccc2)nc(SC2CCCC2)[nH]c1=O. The lowest BCUT2D eigenvalue weighted by molar-refractivity contribution is 0.815. The molecule has 0 amide bonds. The number of nitrogens with zero attached hydrogens (tertiary/aromatic N) is 2. The van der Waals surface area contributed by atoms with Gasteiger partial charge in [-0.25, -0.2) is 4.98 Å². The summed E-state index contributed by atoms with van der Waals surface area (Å²) in [5, 5.41) is 10.8. The Kier molecular flexibility index (Phi) is 4.82. The van der Waals surface area contributed by atoms with E-state index in [1.165, 1.54) is 12.8 Å². The molecular formula is C18H19N3OS. The van der Waals surface area contributed by atoms with Gasteiger partial charge in [0.05, 0.1) is 11.8 Å². The molecule has 0 aliphatic heterocycles. The Morgan fingerprint density at radius 3 is 2.65 bits per heavy atom. The maximum absolute atomic E-state index is 12.3. The van der Waals surface area contributed by atoms with Gasteiger partial charge in [-0.3, -0.25) is 4.79 Å². The maximum Gasteiger partial charge on any atom is 0.254 e. The fraction of sp³-hybridized carbons (Fsp3) is 0.389. The summed E-state index contributed by atoms with van der Waals surface area (Å²) < 4.78 is 0. The molecule has 3 rings (SSSR count). The molecule has 1 N–H and O–H groups in total. The molecule has 1 aliphatic rings. The highest BCUT2D eigenvalue weighted by Gasteiger charge is 2.22. The summed E-state index contributed by atoms with van der Waals surface area (Å²) in [5.74, 6) is -0.513. The zero-order valence-corrected chi connectivity index (χ0v) is 13.9. The third kappa shape index (κ3) is 3.48. The van der Waals surface area contributed by atoms with Gasteiger partial charge in [0.15, 0.2) is 5.16 Å². The van der Waals surface area contributed by atoms with Gasteiger partial charge in [-0.05, 0) is 25.3 Å². The highest BCUT2D eigenvalue weighted by molar-refractivity contribution is 7.99. The summed E-state index contributed by atoms with van der Waals surface area (Å²) in [6.45, 7) is 1.73. The molecule has 1 aromatic carbocycles. The lowest BCUT2D eigenvalue weighted by atomic mass is 9.94. The Hall–Kier alpha value is -2.06. The van der Waals surface area contributed by atoms with Crippen LogP contribution >= 0.6 is 11.8 Å². The summed E-state index contributed by atoms with van der Waals surface area (Å²) in [7, 11) is 0. The van der Waals surface area contributed by atoms with Crippen LogP contribution in [0, 0.1) is 18.3 Å². The van der Waals surface area contributed by atoms with Gasteiger partial charge in [-0.15, -0.1) is 0 Å². The molecule has 1 fully saturated rings. The van der Waals surface area contributed by atoms with Crippen LogP contribution in [0.5, 0.6) is 0 Å². The molecule has 23 heavy (non-hydrogen) atoms. The monoisotopic (exact) mass is 325 g/mol. The molecule has 1 saturated carbocycles. The van der Waals surface area contributed by atoms with Crippen molar-refractivity contribution >= 4 is 11.8 Å². The molecular weight excluding hydrogens is 306 g/mol. The topological polar surface area (TPSA) is 69.5 Å². The first-order valence-electron chi connectivity index (χ1n) is 7.91. The van der Waals surface area contributed by atoms with E-state index in [1.54, 1.807) is 18.7 Å². The van der Waals surface area contributed by atoms with E-state index >= 15 is 0 Å². The van der Waals surface area contributed by atoms with Crippen molar-refractivity contribution in [2.24, 2.45) is 0 Å². The van der Waals surface area contributed by atoms with Crippen LogP contribution in [0.1, 0.15) is 48.4 Å². The van der Waals surface area contributed by atoms with E-state index in [0.717, 1.165) is 18.4 Å². The average molecular weight is 325 g/mol. The van der Waals surface area contributed by atoms with Crippen LogP contribution in [0.25, 0.3) is 0 Å². The fourth-order valence-electron chi connectivity index (χ4n) is 2.97. The fourth-order valence-corrected chi connectivity index (χ4v) is 4.16. The predicted octanol–water partition coefficient (Wildman–Crippen LogP) is 3.77. The molecule has 0 radical (unpaired) electrons. The van der Waals surface area contributed by atoms with Gasteiger partial charge in [0, 0.05) is 10.8 Å². The van der Waals surface area contributed by atoms with Crippen LogP contribution in [0.2, 0.25) is 0 Å². The van der Waals surface area contributed by atoms with Crippen LogP contribution < -0.4 is 5.56 Å². The van der Waals surface area contributed by atoms with Gasteiger partial charge in [0.2, 0.25) is 0 Å². The lowest BCUT2D eigenvalue weighted by Crippen LogP contribution is -2.19. The number of nitriles is 1. The largest absolute Gasteiger partial charge is 0.301 e. The Morgan fingerprint density at radius 1 is 1.30 bits per heavy atom. The van der Waals surface area contributed by atoms with Crippen LogP contribution in [-0.4, -0.2) is 15.2 Å². The molecule has 1 atom stereocenters. The summed E-state index contributed by atoms with van der Waals surface area (Å²) in [5.41, 5.74) is 1.82. The van der Waals surface area contributed by atoms with Gasteiger partial charge < -0.3 is 4.98 Å². The second-order valence-electron chi connectivity index (χ2n) is 5.88. The van der Waals surface area contributed by atoms with Crippen molar-refractivity contribution < 1.29 is 0 Å². The Balaban J connectivity index is 1.98. The normalized spacial score (nSPS) is 16.2.